The van der Waals surface area contributed by atoms with E-state index in [-0.39, 0.29) is 0 Å². The van der Waals surface area contributed by atoms with E-state index in [9.17, 15) is 0 Å². The predicted octanol–water partition coefficient (Wildman–Crippen LogP) is 2.96. The zero-order chi connectivity index (χ0) is 8.27. The summed E-state index contributed by atoms with van der Waals surface area (Å²) in [5.41, 5.74) is 1.33. The highest BCUT2D eigenvalue weighted by molar-refractivity contribution is 9.10. The smallest absolute Gasteiger partial charge is 0.0775 e. The molecule has 60 valence electrons. The molecule has 0 aromatic carbocycles. The van der Waals surface area contributed by atoms with E-state index in [2.05, 4.69) is 21.0 Å². The first-order chi connectivity index (χ1) is 5.22. The van der Waals surface area contributed by atoms with Crippen LogP contribution in [0.2, 0.25) is 0 Å². The predicted molar refractivity (Wildman–Crippen MR) is 49.7 cm³/mol. The Morgan fingerprint density at radius 2 is 2.55 bits per heavy atom. The van der Waals surface area contributed by atoms with E-state index in [4.69, 9.17) is 23.2 Å². The van der Waals surface area contributed by atoms with E-state index in [0.29, 0.717) is 11.6 Å². The van der Waals surface area contributed by atoms with E-state index >= 15 is 0 Å². The summed E-state index contributed by atoms with van der Waals surface area (Å²) in [5.74, 6) is 0. The van der Waals surface area contributed by atoms with Crippen molar-refractivity contribution >= 4 is 39.1 Å². The van der Waals surface area contributed by atoms with E-state index in [0.717, 1.165) is 4.47 Å². The number of hydrogen-bond donors (Lipinski definition) is 0. The van der Waals surface area contributed by atoms with Crippen molar-refractivity contribution in [1.29, 1.82) is 0 Å². The van der Waals surface area contributed by atoms with Gasteiger partial charge in [0.1, 0.15) is 0 Å². The van der Waals surface area contributed by atoms with Crippen LogP contribution in [-0.4, -0.2) is 9.78 Å². The quantitative estimate of drug-likeness (QED) is 0.795. The van der Waals surface area contributed by atoms with Gasteiger partial charge in [-0.25, -0.2) is 0 Å². The van der Waals surface area contributed by atoms with Gasteiger partial charge in [-0.1, -0.05) is 23.2 Å². The summed E-state index contributed by atoms with van der Waals surface area (Å²) >= 11 is 14.3. The number of aromatic nitrogens is 2. The van der Waals surface area contributed by atoms with Gasteiger partial charge in [0.25, 0.3) is 0 Å². The maximum absolute atomic E-state index is 5.66. The van der Waals surface area contributed by atoms with Crippen LogP contribution >= 0.6 is 39.1 Å². The van der Waals surface area contributed by atoms with Crippen LogP contribution in [0.25, 0.3) is 0 Å². The first kappa shape index (κ1) is 9.10. The van der Waals surface area contributed by atoms with Crippen LogP contribution in [0.1, 0.15) is 0 Å². The summed E-state index contributed by atoms with van der Waals surface area (Å²) in [4.78, 5) is 0. The van der Waals surface area contributed by atoms with Crippen molar-refractivity contribution in [1.82, 2.24) is 9.78 Å². The molecule has 1 rings (SSSR count). The maximum Gasteiger partial charge on any atom is 0.0775 e. The Bertz CT molecular complexity index is 269. The van der Waals surface area contributed by atoms with Crippen LogP contribution in [0, 0.1) is 0 Å². The SMILES string of the molecule is ClC=C(Cl)Cn1cc(Br)cn1. The molecule has 2 nitrogen and oxygen atoms in total. The van der Waals surface area contributed by atoms with Crippen LogP contribution in [0.4, 0.5) is 0 Å². The fourth-order valence-electron chi connectivity index (χ4n) is 0.614. The summed E-state index contributed by atoms with van der Waals surface area (Å²) in [5, 5.41) is 4.55. The first-order valence-electron chi connectivity index (χ1n) is 2.85. The number of allylic oxidation sites excluding steroid dienone is 1. The van der Waals surface area contributed by atoms with Gasteiger partial charge in [0.2, 0.25) is 0 Å². The fraction of sp³-hybridized carbons (Fsp3) is 0.167. The zero-order valence-corrected chi connectivity index (χ0v) is 8.57. The molecule has 0 amide bonds. The molecule has 0 N–H and O–H groups in total. The number of hydrogen-bond acceptors (Lipinski definition) is 1. The topological polar surface area (TPSA) is 17.8 Å². The summed E-state index contributed by atoms with van der Waals surface area (Å²) in [7, 11) is 0. The molecule has 0 aliphatic rings. The Morgan fingerprint density at radius 1 is 1.82 bits per heavy atom. The average Bonchev–Trinajstić information content (AvgIpc) is 2.35. The monoisotopic (exact) mass is 254 g/mol. The average molecular weight is 256 g/mol. The second kappa shape index (κ2) is 4.14. The van der Waals surface area contributed by atoms with Crippen molar-refractivity contribution in [3.05, 3.63) is 27.4 Å². The van der Waals surface area contributed by atoms with Crippen LogP contribution < -0.4 is 0 Å². The Hall–Kier alpha value is 0.01000. The van der Waals surface area contributed by atoms with Gasteiger partial charge in [0, 0.05) is 11.7 Å². The van der Waals surface area contributed by atoms with Gasteiger partial charge in [-0.2, -0.15) is 5.10 Å². The molecule has 0 spiro atoms. The lowest BCUT2D eigenvalue weighted by Gasteiger charge is -1.96. The highest BCUT2D eigenvalue weighted by Gasteiger charge is 1.96. The third kappa shape index (κ3) is 2.85. The normalized spacial score (nSPS) is 12.1. The second-order valence-corrected chi connectivity index (χ2v) is 3.53. The Kier molecular flexibility index (Phi) is 3.43. The lowest BCUT2D eigenvalue weighted by atomic mass is 10.6. The molecule has 0 radical (unpaired) electrons. The summed E-state index contributed by atoms with van der Waals surface area (Å²) in [6.45, 7) is 0.511. The third-order valence-electron chi connectivity index (χ3n) is 1.03. The van der Waals surface area contributed by atoms with E-state index < -0.39 is 0 Å². The molecule has 1 heterocycles. The minimum absolute atomic E-state index is 0.511. The molecule has 0 aliphatic heterocycles. The van der Waals surface area contributed by atoms with Crippen molar-refractivity contribution in [2.75, 3.05) is 0 Å². The molecule has 0 fully saturated rings. The lowest BCUT2D eigenvalue weighted by Crippen LogP contribution is -1.97. The number of halogens is 3. The molecule has 0 aliphatic carbocycles. The lowest BCUT2D eigenvalue weighted by molar-refractivity contribution is 0.695. The van der Waals surface area contributed by atoms with E-state index in [1.54, 1.807) is 10.9 Å². The van der Waals surface area contributed by atoms with Crippen molar-refractivity contribution in [2.24, 2.45) is 0 Å². The molecule has 11 heavy (non-hydrogen) atoms. The van der Waals surface area contributed by atoms with Gasteiger partial charge < -0.3 is 0 Å². The molecule has 0 atom stereocenters. The molecule has 1 aromatic rings. The van der Waals surface area contributed by atoms with Crippen LogP contribution in [-0.2, 0) is 6.54 Å². The minimum Gasteiger partial charge on any atom is -0.266 e. The largest absolute Gasteiger partial charge is 0.266 e. The van der Waals surface area contributed by atoms with Crippen molar-refractivity contribution in [3.63, 3.8) is 0 Å². The molecule has 0 saturated carbocycles. The van der Waals surface area contributed by atoms with Gasteiger partial charge in [-0.05, 0) is 15.9 Å². The standard InChI is InChI=1S/C6H5BrCl2N2/c7-5-2-10-11(3-5)4-6(9)1-8/h1-3H,4H2. The van der Waals surface area contributed by atoms with Gasteiger partial charge in [-0.3, -0.25) is 4.68 Å². The van der Waals surface area contributed by atoms with E-state index in [1.165, 1.54) is 5.54 Å². The molecular weight excluding hydrogens is 251 g/mol. The van der Waals surface area contributed by atoms with Gasteiger partial charge in [-0.15, -0.1) is 0 Å². The number of nitrogens with zero attached hydrogens (tertiary/aromatic N) is 2. The molecule has 5 heteroatoms. The molecule has 0 bridgehead atoms. The summed E-state index contributed by atoms with van der Waals surface area (Å²) in [6.07, 6.45) is 3.52. The Morgan fingerprint density at radius 3 is 3.00 bits per heavy atom. The minimum atomic E-state index is 0.511. The Balaban J connectivity index is 2.65. The van der Waals surface area contributed by atoms with Crippen LogP contribution in [0.3, 0.4) is 0 Å². The maximum atomic E-state index is 5.66. The summed E-state index contributed by atoms with van der Waals surface area (Å²) in [6, 6.07) is 0. The molecule has 1 aromatic heterocycles. The first-order valence-corrected chi connectivity index (χ1v) is 4.46. The van der Waals surface area contributed by atoms with Crippen LogP contribution in [0.15, 0.2) is 27.4 Å². The van der Waals surface area contributed by atoms with Crippen molar-refractivity contribution in [3.8, 4) is 0 Å². The number of rotatable bonds is 2. The van der Waals surface area contributed by atoms with Crippen molar-refractivity contribution < 1.29 is 0 Å². The second-order valence-electron chi connectivity index (χ2n) is 1.91. The highest BCUT2D eigenvalue weighted by Crippen LogP contribution is 2.10. The fourth-order valence-corrected chi connectivity index (χ4v) is 1.13. The third-order valence-corrected chi connectivity index (χ3v) is 2.05. The van der Waals surface area contributed by atoms with Crippen molar-refractivity contribution in [2.45, 2.75) is 6.54 Å². The van der Waals surface area contributed by atoms with Crippen LogP contribution in [0.5, 0.6) is 0 Å². The molecule has 0 saturated heterocycles. The summed E-state index contributed by atoms with van der Waals surface area (Å²) < 4.78 is 2.61. The van der Waals surface area contributed by atoms with Gasteiger partial charge in [0.05, 0.1) is 22.2 Å². The Labute approximate surface area is 82.9 Å². The molecule has 0 unspecified atom stereocenters. The molecular formula is C6H5BrCl2N2. The van der Waals surface area contributed by atoms with Gasteiger partial charge in [0.15, 0.2) is 0 Å². The van der Waals surface area contributed by atoms with Gasteiger partial charge >= 0.3 is 0 Å². The van der Waals surface area contributed by atoms with E-state index in [1.807, 2.05) is 6.20 Å². The zero-order valence-electron chi connectivity index (χ0n) is 5.47. The highest BCUT2D eigenvalue weighted by atomic mass is 79.9.